The number of benzene rings is 1. The third kappa shape index (κ3) is 4.27. The topological polar surface area (TPSA) is 71.8 Å². The molecule has 0 saturated heterocycles. The van der Waals surface area contributed by atoms with Gasteiger partial charge in [0.25, 0.3) is 5.91 Å². The number of pyridine rings is 1. The fourth-order valence-electron chi connectivity index (χ4n) is 2.82. The Hall–Kier alpha value is -3.15. The van der Waals surface area contributed by atoms with E-state index in [4.69, 9.17) is 0 Å². The average molecular weight is 349 g/mol. The molecule has 3 aromatic rings. The van der Waals surface area contributed by atoms with Gasteiger partial charge < -0.3 is 10.6 Å². The molecular weight excluding hydrogens is 326 g/mol. The Kier molecular flexibility index (Phi) is 5.63. The molecule has 0 saturated carbocycles. The molecule has 6 nitrogen and oxygen atoms in total. The number of aromatic nitrogens is 3. The summed E-state index contributed by atoms with van der Waals surface area (Å²) in [5.41, 5.74) is 4.70. The normalized spacial score (nSPS) is 10.5. The Morgan fingerprint density at radius 2 is 2.08 bits per heavy atom. The zero-order valence-electron chi connectivity index (χ0n) is 15.1. The van der Waals surface area contributed by atoms with Crippen molar-refractivity contribution in [3.8, 4) is 11.1 Å². The number of nitrogens with zero attached hydrogens (tertiary/aromatic N) is 3. The summed E-state index contributed by atoms with van der Waals surface area (Å²) in [4.78, 5) is 16.5. The van der Waals surface area contributed by atoms with Crippen LogP contribution in [0.4, 0.5) is 5.69 Å². The van der Waals surface area contributed by atoms with Crippen LogP contribution in [0.25, 0.3) is 11.1 Å². The van der Waals surface area contributed by atoms with Gasteiger partial charge in [-0.05, 0) is 36.2 Å². The molecule has 26 heavy (non-hydrogen) atoms. The molecule has 0 aliphatic carbocycles. The van der Waals surface area contributed by atoms with Crippen LogP contribution in [0.15, 0.2) is 55.0 Å². The van der Waals surface area contributed by atoms with E-state index < -0.39 is 0 Å². The summed E-state index contributed by atoms with van der Waals surface area (Å²) < 4.78 is 1.81. The van der Waals surface area contributed by atoms with E-state index in [9.17, 15) is 4.79 Å². The second kappa shape index (κ2) is 8.29. The molecule has 1 amide bonds. The minimum absolute atomic E-state index is 0.0817. The maximum absolute atomic E-state index is 12.4. The van der Waals surface area contributed by atoms with Crippen LogP contribution in [0, 0.1) is 0 Å². The molecule has 2 aromatic heterocycles. The van der Waals surface area contributed by atoms with Gasteiger partial charge in [-0.3, -0.25) is 14.5 Å². The molecule has 0 unspecified atom stereocenters. The van der Waals surface area contributed by atoms with Crippen molar-refractivity contribution in [3.05, 3.63) is 66.2 Å². The van der Waals surface area contributed by atoms with E-state index in [0.717, 1.165) is 28.9 Å². The van der Waals surface area contributed by atoms with E-state index in [1.807, 2.05) is 54.3 Å². The van der Waals surface area contributed by atoms with Crippen molar-refractivity contribution >= 4 is 11.6 Å². The lowest BCUT2D eigenvalue weighted by atomic mass is 10.0. The molecule has 0 atom stereocenters. The Morgan fingerprint density at radius 3 is 2.85 bits per heavy atom. The first-order valence-electron chi connectivity index (χ1n) is 8.72. The first kappa shape index (κ1) is 17.7. The van der Waals surface area contributed by atoms with E-state index in [2.05, 4.69) is 27.6 Å². The molecular formula is C20H23N5O. The Morgan fingerprint density at radius 1 is 1.19 bits per heavy atom. The maximum Gasteiger partial charge on any atom is 0.251 e. The van der Waals surface area contributed by atoms with Crippen LogP contribution >= 0.6 is 0 Å². The molecule has 0 fully saturated rings. The van der Waals surface area contributed by atoms with E-state index in [1.54, 1.807) is 12.4 Å². The fourth-order valence-corrected chi connectivity index (χ4v) is 2.82. The van der Waals surface area contributed by atoms with E-state index in [1.165, 1.54) is 0 Å². The number of aryl methyl sites for hydroxylation is 2. The molecule has 0 radical (unpaired) electrons. The number of anilines is 1. The van der Waals surface area contributed by atoms with Crippen LogP contribution in [0.3, 0.4) is 0 Å². The molecule has 1 aromatic carbocycles. The lowest BCUT2D eigenvalue weighted by Crippen LogP contribution is -2.28. The number of rotatable bonds is 7. The summed E-state index contributed by atoms with van der Waals surface area (Å²) in [5.74, 6) is -0.0817. The minimum atomic E-state index is -0.0817. The molecule has 6 heteroatoms. The van der Waals surface area contributed by atoms with Crippen LogP contribution in [-0.4, -0.2) is 33.8 Å². The van der Waals surface area contributed by atoms with Crippen molar-refractivity contribution in [2.75, 3.05) is 18.4 Å². The number of hydrogen-bond acceptors (Lipinski definition) is 4. The largest absolute Gasteiger partial charge is 0.382 e. The van der Waals surface area contributed by atoms with Gasteiger partial charge in [0.2, 0.25) is 0 Å². The molecule has 0 aliphatic heterocycles. The number of carbonyl (C=O) groups excluding carboxylic acids is 1. The predicted octanol–water partition coefficient (Wildman–Crippen LogP) is 2.89. The fraction of sp³-hybridized carbons (Fsp3) is 0.250. The monoisotopic (exact) mass is 349 g/mol. The van der Waals surface area contributed by atoms with Crippen LogP contribution in [0.5, 0.6) is 0 Å². The maximum atomic E-state index is 12.4. The minimum Gasteiger partial charge on any atom is -0.382 e. The van der Waals surface area contributed by atoms with E-state index in [-0.39, 0.29) is 5.91 Å². The molecule has 0 bridgehead atoms. The summed E-state index contributed by atoms with van der Waals surface area (Å²) in [6, 6.07) is 11.5. The van der Waals surface area contributed by atoms with E-state index >= 15 is 0 Å². The summed E-state index contributed by atoms with van der Waals surface area (Å²) in [6.07, 6.45) is 6.33. The Balaban J connectivity index is 1.61. The number of nitrogens with one attached hydrogen (secondary N) is 2. The molecule has 2 heterocycles. The van der Waals surface area contributed by atoms with Crippen molar-refractivity contribution in [2.45, 2.75) is 13.3 Å². The van der Waals surface area contributed by atoms with Crippen molar-refractivity contribution in [1.29, 1.82) is 0 Å². The summed E-state index contributed by atoms with van der Waals surface area (Å²) in [6.45, 7) is 3.25. The highest BCUT2D eigenvalue weighted by molar-refractivity contribution is 5.95. The van der Waals surface area contributed by atoms with Gasteiger partial charge in [0.05, 0.1) is 11.4 Å². The highest BCUT2D eigenvalue weighted by atomic mass is 16.1. The van der Waals surface area contributed by atoms with Gasteiger partial charge in [-0.25, -0.2) is 0 Å². The Labute approximate surface area is 153 Å². The molecule has 0 spiro atoms. The van der Waals surface area contributed by atoms with Crippen molar-refractivity contribution in [1.82, 2.24) is 20.1 Å². The van der Waals surface area contributed by atoms with Crippen LogP contribution in [0.2, 0.25) is 0 Å². The molecule has 0 aliphatic rings. The lowest BCUT2D eigenvalue weighted by Gasteiger charge is -2.09. The molecule has 2 N–H and O–H groups in total. The molecule has 3 rings (SSSR count). The van der Waals surface area contributed by atoms with Crippen LogP contribution < -0.4 is 10.6 Å². The van der Waals surface area contributed by atoms with Crippen molar-refractivity contribution in [2.24, 2.45) is 7.05 Å². The van der Waals surface area contributed by atoms with Gasteiger partial charge in [-0.2, -0.15) is 5.10 Å². The first-order chi connectivity index (χ1) is 12.7. The summed E-state index contributed by atoms with van der Waals surface area (Å²) >= 11 is 0. The quantitative estimate of drug-likeness (QED) is 0.644. The van der Waals surface area contributed by atoms with Crippen molar-refractivity contribution < 1.29 is 4.79 Å². The molecule has 134 valence electrons. The smallest absolute Gasteiger partial charge is 0.251 e. The second-order valence-electron chi connectivity index (χ2n) is 6.02. The highest BCUT2D eigenvalue weighted by Gasteiger charge is 2.11. The summed E-state index contributed by atoms with van der Waals surface area (Å²) in [7, 11) is 1.91. The van der Waals surface area contributed by atoms with Crippen LogP contribution in [-0.2, 0) is 13.5 Å². The highest BCUT2D eigenvalue weighted by Crippen LogP contribution is 2.24. The summed E-state index contributed by atoms with van der Waals surface area (Å²) in [5, 5.41) is 10.6. The third-order valence-electron chi connectivity index (χ3n) is 4.08. The predicted molar refractivity (Wildman–Crippen MR) is 103 cm³/mol. The van der Waals surface area contributed by atoms with Gasteiger partial charge in [-0.1, -0.05) is 19.1 Å². The number of hydrogen-bond donors (Lipinski definition) is 2. The van der Waals surface area contributed by atoms with Gasteiger partial charge >= 0.3 is 0 Å². The zero-order chi connectivity index (χ0) is 18.4. The van der Waals surface area contributed by atoms with Crippen molar-refractivity contribution in [3.63, 3.8) is 0 Å². The van der Waals surface area contributed by atoms with Gasteiger partial charge in [-0.15, -0.1) is 0 Å². The average Bonchev–Trinajstić information content (AvgIpc) is 3.07. The number of carbonyl (C=O) groups is 1. The van der Waals surface area contributed by atoms with Crippen LogP contribution in [0.1, 0.15) is 23.0 Å². The van der Waals surface area contributed by atoms with E-state index in [0.29, 0.717) is 18.7 Å². The second-order valence-corrected chi connectivity index (χ2v) is 6.02. The zero-order valence-corrected chi connectivity index (χ0v) is 15.1. The standard InChI is InChI=1S/C20H23N5O/c1-3-19-18(14-25(2)24-19)15-6-4-7-16(12-15)20(26)23-11-10-22-17-8-5-9-21-13-17/h4-9,12-14,22H,3,10-11H2,1-2H3,(H,23,26). The third-order valence-corrected chi connectivity index (χ3v) is 4.08. The number of amides is 1. The van der Waals surface area contributed by atoms with Gasteiger partial charge in [0.1, 0.15) is 0 Å². The first-order valence-corrected chi connectivity index (χ1v) is 8.72. The van der Waals surface area contributed by atoms with Gasteiger partial charge in [0, 0.05) is 49.9 Å². The lowest BCUT2D eigenvalue weighted by molar-refractivity contribution is 0.0955. The van der Waals surface area contributed by atoms with Gasteiger partial charge in [0.15, 0.2) is 0 Å². The Bertz CT molecular complexity index is 873. The SMILES string of the molecule is CCc1nn(C)cc1-c1cccc(C(=O)NCCNc2cccnc2)c1.